The Kier molecular flexibility index (Phi) is 6.34. The van der Waals surface area contributed by atoms with Crippen LogP contribution in [0.1, 0.15) is 32.6 Å². The molecule has 98 valence electrons. The molecule has 0 aromatic rings. The largest absolute Gasteiger partial charge is 0.356 e. The van der Waals surface area contributed by atoms with Gasteiger partial charge < -0.3 is 10.2 Å². The zero-order valence-electron chi connectivity index (χ0n) is 10.4. The van der Waals surface area contributed by atoms with Gasteiger partial charge in [0.05, 0.1) is 5.92 Å². The molecule has 0 aromatic carbocycles. The lowest BCUT2D eigenvalue weighted by Gasteiger charge is -2.15. The van der Waals surface area contributed by atoms with Crippen LogP contribution >= 0.6 is 11.6 Å². The Bertz CT molecular complexity index is 271. The zero-order chi connectivity index (χ0) is 12.7. The minimum absolute atomic E-state index is 0.0116. The second-order valence-electron chi connectivity index (χ2n) is 4.43. The first-order valence-electron chi connectivity index (χ1n) is 6.30. The molecule has 1 aliphatic heterocycles. The Morgan fingerprint density at radius 1 is 1.53 bits per heavy atom. The van der Waals surface area contributed by atoms with E-state index >= 15 is 0 Å². The smallest absolute Gasteiger partial charge is 0.225 e. The molecule has 4 nitrogen and oxygen atoms in total. The lowest BCUT2D eigenvalue weighted by atomic mass is 10.1. The molecule has 0 radical (unpaired) electrons. The third kappa shape index (κ3) is 4.54. The second kappa shape index (κ2) is 7.54. The number of alkyl halides is 1. The number of amides is 2. The van der Waals surface area contributed by atoms with Gasteiger partial charge in [0, 0.05) is 31.9 Å². The summed E-state index contributed by atoms with van der Waals surface area (Å²) in [4.78, 5) is 25.2. The molecule has 1 fully saturated rings. The van der Waals surface area contributed by atoms with Crippen molar-refractivity contribution in [3.63, 3.8) is 0 Å². The monoisotopic (exact) mass is 260 g/mol. The maximum atomic E-state index is 11.8. The standard InChI is InChI=1S/C12H21ClN2O2/c1-2-3-7-15-9-10(8-11(15)16)12(17)14-6-4-5-13/h10H,2-9H2,1H3,(H,14,17)/t10-/m1/s1. The van der Waals surface area contributed by atoms with Crippen molar-refractivity contribution < 1.29 is 9.59 Å². The van der Waals surface area contributed by atoms with Crippen molar-refractivity contribution >= 4 is 23.4 Å². The number of carbonyl (C=O) groups is 2. The van der Waals surface area contributed by atoms with Gasteiger partial charge in [0.2, 0.25) is 11.8 Å². The van der Waals surface area contributed by atoms with Crippen LogP contribution in [0.15, 0.2) is 0 Å². The van der Waals surface area contributed by atoms with Gasteiger partial charge in [-0.25, -0.2) is 0 Å². The normalized spacial score (nSPS) is 19.8. The number of halogens is 1. The molecule has 1 saturated heterocycles. The molecule has 0 bridgehead atoms. The molecule has 1 heterocycles. The summed E-state index contributed by atoms with van der Waals surface area (Å²) < 4.78 is 0. The maximum absolute atomic E-state index is 11.8. The molecule has 2 amide bonds. The van der Waals surface area contributed by atoms with Gasteiger partial charge in [0.25, 0.3) is 0 Å². The molecule has 17 heavy (non-hydrogen) atoms. The van der Waals surface area contributed by atoms with Crippen LogP contribution in [0.3, 0.4) is 0 Å². The fraction of sp³-hybridized carbons (Fsp3) is 0.833. The van der Waals surface area contributed by atoms with E-state index in [1.54, 1.807) is 4.90 Å². The van der Waals surface area contributed by atoms with Crippen LogP contribution in [-0.4, -0.2) is 42.2 Å². The van der Waals surface area contributed by atoms with E-state index in [2.05, 4.69) is 12.2 Å². The van der Waals surface area contributed by atoms with Gasteiger partial charge in [-0.15, -0.1) is 11.6 Å². The molecule has 0 aromatic heterocycles. The number of nitrogens with zero attached hydrogens (tertiary/aromatic N) is 1. The van der Waals surface area contributed by atoms with Crippen LogP contribution in [0.4, 0.5) is 0 Å². The Morgan fingerprint density at radius 2 is 2.29 bits per heavy atom. The fourth-order valence-corrected chi connectivity index (χ4v) is 2.07. The molecule has 5 heteroatoms. The van der Waals surface area contributed by atoms with E-state index in [-0.39, 0.29) is 17.7 Å². The SMILES string of the molecule is CCCCN1C[C@H](C(=O)NCCCCl)CC1=O. The Hall–Kier alpha value is -0.770. The average molecular weight is 261 g/mol. The van der Waals surface area contributed by atoms with Gasteiger partial charge in [0.15, 0.2) is 0 Å². The summed E-state index contributed by atoms with van der Waals surface area (Å²) >= 11 is 5.53. The van der Waals surface area contributed by atoms with Gasteiger partial charge in [-0.05, 0) is 12.8 Å². The van der Waals surface area contributed by atoms with E-state index in [4.69, 9.17) is 11.6 Å². The number of rotatable bonds is 7. The summed E-state index contributed by atoms with van der Waals surface area (Å²) in [6.45, 7) is 4.05. The van der Waals surface area contributed by atoms with Gasteiger partial charge >= 0.3 is 0 Å². The van der Waals surface area contributed by atoms with Gasteiger partial charge in [0.1, 0.15) is 0 Å². The van der Waals surface area contributed by atoms with Crippen molar-refractivity contribution in [3.8, 4) is 0 Å². The molecular formula is C12H21ClN2O2. The number of carbonyl (C=O) groups excluding carboxylic acids is 2. The lowest BCUT2D eigenvalue weighted by molar-refractivity contribution is -0.129. The van der Waals surface area contributed by atoms with Crippen LogP contribution in [0.2, 0.25) is 0 Å². The Balaban J connectivity index is 2.31. The zero-order valence-corrected chi connectivity index (χ0v) is 11.1. The number of nitrogens with one attached hydrogen (secondary N) is 1. The third-order valence-corrected chi connectivity index (χ3v) is 3.24. The van der Waals surface area contributed by atoms with Gasteiger partial charge in [-0.1, -0.05) is 13.3 Å². The summed E-state index contributed by atoms with van der Waals surface area (Å²) in [5.41, 5.74) is 0. The van der Waals surface area contributed by atoms with E-state index in [0.717, 1.165) is 25.8 Å². The summed E-state index contributed by atoms with van der Waals surface area (Å²) in [5, 5.41) is 2.82. The first kappa shape index (κ1) is 14.3. The molecule has 0 saturated carbocycles. The highest BCUT2D eigenvalue weighted by Crippen LogP contribution is 2.18. The molecule has 1 rings (SSSR count). The van der Waals surface area contributed by atoms with Crippen LogP contribution in [0, 0.1) is 5.92 Å². The Labute approximate surface area is 108 Å². The van der Waals surface area contributed by atoms with Crippen LogP contribution in [0.5, 0.6) is 0 Å². The maximum Gasteiger partial charge on any atom is 0.225 e. The first-order chi connectivity index (χ1) is 8.19. The van der Waals surface area contributed by atoms with E-state index in [1.807, 2.05) is 0 Å². The van der Waals surface area contributed by atoms with Crippen LogP contribution < -0.4 is 5.32 Å². The molecule has 0 spiro atoms. The minimum atomic E-state index is -0.172. The highest BCUT2D eigenvalue weighted by Gasteiger charge is 2.33. The molecule has 1 N–H and O–H groups in total. The number of hydrogen-bond acceptors (Lipinski definition) is 2. The average Bonchev–Trinajstić information content (AvgIpc) is 2.68. The molecular weight excluding hydrogens is 240 g/mol. The summed E-state index contributed by atoms with van der Waals surface area (Å²) in [6, 6.07) is 0. The molecule has 1 aliphatic rings. The van der Waals surface area contributed by atoms with Crippen molar-refractivity contribution in [1.82, 2.24) is 10.2 Å². The fourth-order valence-electron chi connectivity index (χ4n) is 1.94. The first-order valence-corrected chi connectivity index (χ1v) is 6.84. The summed E-state index contributed by atoms with van der Waals surface area (Å²) in [5.74, 6) is 0.472. The van der Waals surface area contributed by atoms with Crippen molar-refractivity contribution in [2.45, 2.75) is 32.6 Å². The minimum Gasteiger partial charge on any atom is -0.356 e. The van der Waals surface area contributed by atoms with Crippen molar-refractivity contribution in [2.75, 3.05) is 25.5 Å². The van der Waals surface area contributed by atoms with Crippen LogP contribution in [-0.2, 0) is 9.59 Å². The number of unbranched alkanes of at least 4 members (excludes halogenated alkanes) is 1. The van der Waals surface area contributed by atoms with Crippen molar-refractivity contribution in [1.29, 1.82) is 0 Å². The predicted molar refractivity (Wildman–Crippen MR) is 67.9 cm³/mol. The van der Waals surface area contributed by atoms with E-state index in [9.17, 15) is 9.59 Å². The number of hydrogen-bond donors (Lipinski definition) is 1. The predicted octanol–water partition coefficient (Wildman–Crippen LogP) is 1.38. The molecule has 1 atom stereocenters. The summed E-state index contributed by atoms with van der Waals surface area (Å²) in [6.07, 6.45) is 3.20. The highest BCUT2D eigenvalue weighted by atomic mass is 35.5. The molecule has 0 unspecified atom stereocenters. The lowest BCUT2D eigenvalue weighted by Crippen LogP contribution is -2.33. The molecule has 0 aliphatic carbocycles. The topological polar surface area (TPSA) is 49.4 Å². The summed E-state index contributed by atoms with van der Waals surface area (Å²) in [7, 11) is 0. The Morgan fingerprint density at radius 3 is 2.94 bits per heavy atom. The van der Waals surface area contributed by atoms with E-state index in [1.165, 1.54) is 0 Å². The quantitative estimate of drug-likeness (QED) is 0.555. The van der Waals surface area contributed by atoms with Crippen LogP contribution in [0.25, 0.3) is 0 Å². The van der Waals surface area contributed by atoms with Crippen molar-refractivity contribution in [3.05, 3.63) is 0 Å². The second-order valence-corrected chi connectivity index (χ2v) is 4.81. The van der Waals surface area contributed by atoms with E-state index < -0.39 is 0 Å². The third-order valence-electron chi connectivity index (χ3n) is 2.98. The number of likely N-dealkylation sites (tertiary alicyclic amines) is 1. The highest BCUT2D eigenvalue weighted by molar-refractivity contribution is 6.17. The van der Waals surface area contributed by atoms with E-state index in [0.29, 0.717) is 25.4 Å². The van der Waals surface area contributed by atoms with Gasteiger partial charge in [-0.2, -0.15) is 0 Å². The van der Waals surface area contributed by atoms with Gasteiger partial charge in [-0.3, -0.25) is 9.59 Å². The van der Waals surface area contributed by atoms with Crippen molar-refractivity contribution in [2.24, 2.45) is 5.92 Å².